The van der Waals surface area contributed by atoms with Gasteiger partial charge in [0.15, 0.2) is 0 Å². The summed E-state index contributed by atoms with van der Waals surface area (Å²) in [6.45, 7) is 2.16. The lowest BCUT2D eigenvalue weighted by Gasteiger charge is -2.26. The molecule has 0 aromatic heterocycles. The fourth-order valence-electron chi connectivity index (χ4n) is 2.71. The fraction of sp³-hybridized carbons (Fsp3) is 0.562. The predicted octanol–water partition coefficient (Wildman–Crippen LogP) is 3.76. The molecule has 2 rings (SSSR count). The minimum absolute atomic E-state index is 0.213. The molecular weight excluding hydrogens is 222 g/mol. The molecule has 18 heavy (non-hydrogen) atoms. The average Bonchev–Trinajstić information content (AvgIpc) is 2.39. The highest BCUT2D eigenvalue weighted by Gasteiger charge is 2.20. The normalized spacial score (nSPS) is 18.2. The number of carbonyl (C=O) groups excluding carboxylic acids is 1. The average molecular weight is 245 g/mol. The Bertz CT molecular complexity index is 400. The van der Waals surface area contributed by atoms with Gasteiger partial charge in [0.05, 0.1) is 6.04 Å². The van der Waals surface area contributed by atoms with E-state index in [0.29, 0.717) is 6.42 Å². The van der Waals surface area contributed by atoms with Gasteiger partial charge in [-0.25, -0.2) is 0 Å². The second kappa shape index (κ2) is 6.58. The quantitative estimate of drug-likeness (QED) is 0.786. The van der Waals surface area contributed by atoms with Crippen LogP contribution in [0.4, 0.5) is 0 Å². The van der Waals surface area contributed by atoms with Crippen molar-refractivity contribution >= 4 is 5.91 Å². The number of fused-ring (bicyclic) bond motifs is 1. The number of hydrogen-bond donors (Lipinski definition) is 1. The maximum absolute atomic E-state index is 11.9. The van der Waals surface area contributed by atoms with E-state index >= 15 is 0 Å². The van der Waals surface area contributed by atoms with Crippen molar-refractivity contribution in [2.45, 2.75) is 57.9 Å². The van der Waals surface area contributed by atoms with Gasteiger partial charge in [-0.1, -0.05) is 44.0 Å². The molecule has 98 valence electrons. The van der Waals surface area contributed by atoms with Gasteiger partial charge < -0.3 is 5.32 Å². The van der Waals surface area contributed by atoms with Gasteiger partial charge in [-0.3, -0.25) is 4.79 Å². The summed E-state index contributed by atoms with van der Waals surface area (Å²) in [5.74, 6) is 0.213. The Hall–Kier alpha value is -1.31. The van der Waals surface area contributed by atoms with E-state index in [1.54, 1.807) is 0 Å². The van der Waals surface area contributed by atoms with E-state index in [0.717, 1.165) is 25.7 Å². The summed E-state index contributed by atoms with van der Waals surface area (Å²) in [5, 5.41) is 3.20. The highest BCUT2D eigenvalue weighted by atomic mass is 16.1. The first-order chi connectivity index (χ1) is 8.81. The molecule has 0 saturated heterocycles. The van der Waals surface area contributed by atoms with E-state index in [1.165, 1.54) is 24.0 Å². The molecule has 0 saturated carbocycles. The van der Waals surface area contributed by atoms with E-state index in [1.807, 2.05) is 0 Å². The summed E-state index contributed by atoms with van der Waals surface area (Å²) in [6, 6.07) is 8.74. The number of benzene rings is 1. The zero-order valence-electron chi connectivity index (χ0n) is 11.2. The molecule has 2 nitrogen and oxygen atoms in total. The van der Waals surface area contributed by atoms with Crippen LogP contribution in [0.25, 0.3) is 0 Å². The van der Waals surface area contributed by atoms with Crippen LogP contribution in [0.3, 0.4) is 0 Å². The van der Waals surface area contributed by atoms with Crippen molar-refractivity contribution < 1.29 is 4.79 Å². The molecule has 1 aromatic rings. The standard InChI is InChI=1S/C16H23NO/c1-2-3-4-12-16(18)17-15-11-7-9-13-8-5-6-10-14(13)15/h5-6,8,10,15H,2-4,7,9,11-12H2,1H3,(H,17,18). The maximum atomic E-state index is 11.9. The minimum atomic E-state index is 0.213. The van der Waals surface area contributed by atoms with Gasteiger partial charge in [0, 0.05) is 6.42 Å². The van der Waals surface area contributed by atoms with E-state index in [9.17, 15) is 4.79 Å². The summed E-state index contributed by atoms with van der Waals surface area (Å²) >= 11 is 0. The van der Waals surface area contributed by atoms with Crippen LogP contribution in [0.1, 0.15) is 62.6 Å². The van der Waals surface area contributed by atoms with Crippen molar-refractivity contribution in [1.29, 1.82) is 0 Å². The zero-order chi connectivity index (χ0) is 12.8. The van der Waals surface area contributed by atoms with Crippen molar-refractivity contribution in [3.05, 3.63) is 35.4 Å². The fourth-order valence-corrected chi connectivity index (χ4v) is 2.71. The van der Waals surface area contributed by atoms with Crippen LogP contribution in [0, 0.1) is 0 Å². The maximum Gasteiger partial charge on any atom is 0.220 e. The Morgan fingerprint density at radius 2 is 2.17 bits per heavy atom. The van der Waals surface area contributed by atoms with Gasteiger partial charge in [0.2, 0.25) is 5.91 Å². The van der Waals surface area contributed by atoms with Crippen molar-refractivity contribution in [1.82, 2.24) is 5.32 Å². The van der Waals surface area contributed by atoms with Crippen LogP contribution in [0.5, 0.6) is 0 Å². The molecule has 1 aliphatic rings. The van der Waals surface area contributed by atoms with Crippen LogP contribution in [0.15, 0.2) is 24.3 Å². The molecular formula is C16H23NO. The summed E-state index contributed by atoms with van der Waals surface area (Å²) in [4.78, 5) is 11.9. The first-order valence-electron chi connectivity index (χ1n) is 7.18. The van der Waals surface area contributed by atoms with Crippen LogP contribution in [-0.4, -0.2) is 5.91 Å². The molecule has 0 aliphatic heterocycles. The number of carbonyl (C=O) groups is 1. The Labute approximate surface area is 110 Å². The first-order valence-corrected chi connectivity index (χ1v) is 7.18. The third-order valence-electron chi connectivity index (χ3n) is 3.71. The molecule has 0 spiro atoms. The monoisotopic (exact) mass is 245 g/mol. The minimum Gasteiger partial charge on any atom is -0.349 e. The number of nitrogens with one attached hydrogen (secondary N) is 1. The molecule has 0 bridgehead atoms. The summed E-state index contributed by atoms with van der Waals surface area (Å²) in [5.41, 5.74) is 2.73. The number of unbranched alkanes of at least 4 members (excludes halogenated alkanes) is 2. The Kier molecular flexibility index (Phi) is 4.80. The van der Waals surface area contributed by atoms with E-state index in [4.69, 9.17) is 0 Å². The lowest BCUT2D eigenvalue weighted by Crippen LogP contribution is -2.30. The number of amides is 1. The largest absolute Gasteiger partial charge is 0.349 e. The van der Waals surface area contributed by atoms with Crippen LogP contribution < -0.4 is 5.32 Å². The van der Waals surface area contributed by atoms with Gasteiger partial charge >= 0.3 is 0 Å². The van der Waals surface area contributed by atoms with Crippen molar-refractivity contribution in [2.24, 2.45) is 0 Å². The van der Waals surface area contributed by atoms with Crippen molar-refractivity contribution in [3.8, 4) is 0 Å². The smallest absolute Gasteiger partial charge is 0.220 e. The number of hydrogen-bond acceptors (Lipinski definition) is 1. The van der Waals surface area contributed by atoms with Crippen LogP contribution >= 0.6 is 0 Å². The van der Waals surface area contributed by atoms with Gasteiger partial charge in [-0.2, -0.15) is 0 Å². The summed E-state index contributed by atoms with van der Waals surface area (Å²) in [6.07, 6.45) is 7.41. The molecule has 1 aliphatic carbocycles. The van der Waals surface area contributed by atoms with Crippen LogP contribution in [-0.2, 0) is 11.2 Å². The van der Waals surface area contributed by atoms with Gasteiger partial charge in [-0.15, -0.1) is 0 Å². The molecule has 1 N–H and O–H groups in total. The molecule has 1 amide bonds. The molecule has 1 unspecified atom stereocenters. The van der Waals surface area contributed by atoms with E-state index < -0.39 is 0 Å². The lowest BCUT2D eigenvalue weighted by atomic mass is 9.87. The topological polar surface area (TPSA) is 29.1 Å². The highest BCUT2D eigenvalue weighted by molar-refractivity contribution is 5.76. The first kappa shape index (κ1) is 13.1. The SMILES string of the molecule is CCCCCC(=O)NC1CCCc2ccccc21. The van der Waals surface area contributed by atoms with E-state index in [-0.39, 0.29) is 11.9 Å². The third kappa shape index (κ3) is 3.34. The lowest BCUT2D eigenvalue weighted by molar-refractivity contribution is -0.122. The number of rotatable bonds is 5. The van der Waals surface area contributed by atoms with Crippen LogP contribution in [0.2, 0.25) is 0 Å². The van der Waals surface area contributed by atoms with Gasteiger partial charge in [0.25, 0.3) is 0 Å². The van der Waals surface area contributed by atoms with Crippen molar-refractivity contribution in [3.63, 3.8) is 0 Å². The molecule has 1 atom stereocenters. The zero-order valence-corrected chi connectivity index (χ0v) is 11.2. The molecule has 1 aromatic carbocycles. The third-order valence-corrected chi connectivity index (χ3v) is 3.71. The summed E-state index contributed by atoms with van der Waals surface area (Å²) in [7, 11) is 0. The molecule has 0 fully saturated rings. The van der Waals surface area contributed by atoms with E-state index in [2.05, 4.69) is 36.5 Å². The summed E-state index contributed by atoms with van der Waals surface area (Å²) < 4.78 is 0. The Balaban J connectivity index is 1.92. The van der Waals surface area contributed by atoms with Gasteiger partial charge in [0.1, 0.15) is 0 Å². The Morgan fingerprint density at radius 1 is 1.33 bits per heavy atom. The molecule has 2 heteroatoms. The van der Waals surface area contributed by atoms with Gasteiger partial charge in [-0.05, 0) is 36.8 Å². The Morgan fingerprint density at radius 3 is 3.00 bits per heavy atom. The second-order valence-corrected chi connectivity index (χ2v) is 5.17. The molecule has 0 heterocycles. The van der Waals surface area contributed by atoms with Crippen molar-refractivity contribution in [2.75, 3.05) is 0 Å². The molecule has 0 radical (unpaired) electrons. The number of aryl methyl sites for hydroxylation is 1. The second-order valence-electron chi connectivity index (χ2n) is 5.17. The predicted molar refractivity (Wildman–Crippen MR) is 74.4 cm³/mol. The highest BCUT2D eigenvalue weighted by Crippen LogP contribution is 2.29.